The second-order valence-electron chi connectivity index (χ2n) is 5.40. The molecular formula is C17H19NO3. The number of aromatic nitrogens is 1. The number of methoxy groups -OCH3 is 1. The number of rotatable bonds is 4. The van der Waals surface area contributed by atoms with Gasteiger partial charge in [-0.3, -0.25) is 4.79 Å². The minimum atomic E-state index is -0.718. The highest BCUT2D eigenvalue weighted by Crippen LogP contribution is 2.24. The number of pyridine rings is 1. The lowest BCUT2D eigenvalue weighted by atomic mass is 10.1. The fourth-order valence-electron chi connectivity index (χ4n) is 2.96. The van der Waals surface area contributed by atoms with Gasteiger partial charge in [-0.05, 0) is 42.5 Å². The number of aliphatic hydroxyl groups is 1. The minimum absolute atomic E-state index is 0.0439. The lowest BCUT2D eigenvalue weighted by Crippen LogP contribution is -2.25. The van der Waals surface area contributed by atoms with Gasteiger partial charge in [-0.1, -0.05) is 18.2 Å². The lowest BCUT2D eigenvalue weighted by Gasteiger charge is -2.17. The summed E-state index contributed by atoms with van der Waals surface area (Å²) >= 11 is 0. The zero-order chi connectivity index (χ0) is 14.8. The van der Waals surface area contributed by atoms with Gasteiger partial charge in [-0.2, -0.15) is 0 Å². The van der Waals surface area contributed by atoms with E-state index in [0.29, 0.717) is 5.75 Å². The largest absolute Gasteiger partial charge is 0.497 e. The number of hydrogen-bond acceptors (Lipinski definition) is 3. The van der Waals surface area contributed by atoms with Crippen LogP contribution in [0.3, 0.4) is 0 Å². The molecule has 1 unspecified atom stereocenters. The molecular weight excluding hydrogens is 266 g/mol. The van der Waals surface area contributed by atoms with E-state index in [4.69, 9.17) is 4.74 Å². The van der Waals surface area contributed by atoms with Crippen LogP contribution >= 0.6 is 0 Å². The average Bonchev–Trinajstić information content (AvgIpc) is 2.99. The van der Waals surface area contributed by atoms with Gasteiger partial charge in [0, 0.05) is 11.8 Å². The molecule has 0 fully saturated rings. The molecule has 2 aromatic rings. The maximum Gasteiger partial charge on any atom is 0.250 e. The van der Waals surface area contributed by atoms with Crippen LogP contribution in [0.5, 0.6) is 5.75 Å². The summed E-state index contributed by atoms with van der Waals surface area (Å²) in [6.45, 7) is 0.287. The summed E-state index contributed by atoms with van der Waals surface area (Å²) in [6, 6.07) is 10.8. The van der Waals surface area contributed by atoms with Gasteiger partial charge in [0.15, 0.2) is 0 Å². The summed E-state index contributed by atoms with van der Waals surface area (Å²) in [4.78, 5) is 12.1. The molecule has 110 valence electrons. The van der Waals surface area contributed by atoms with Gasteiger partial charge in [-0.15, -0.1) is 0 Å². The Bertz CT molecular complexity index is 705. The molecule has 1 aliphatic carbocycles. The highest BCUT2D eigenvalue weighted by molar-refractivity contribution is 5.30. The molecule has 1 atom stereocenters. The van der Waals surface area contributed by atoms with E-state index >= 15 is 0 Å². The van der Waals surface area contributed by atoms with Gasteiger partial charge >= 0.3 is 0 Å². The number of aliphatic hydroxyl groups excluding tert-OH is 1. The van der Waals surface area contributed by atoms with Crippen molar-refractivity contribution in [2.24, 2.45) is 0 Å². The van der Waals surface area contributed by atoms with E-state index < -0.39 is 6.10 Å². The molecule has 3 rings (SSSR count). The Morgan fingerprint density at radius 2 is 2.14 bits per heavy atom. The SMILES string of the molecule is COc1cccc(C(O)Cn2c3c(ccc2=O)CCC3)c1. The quantitative estimate of drug-likeness (QED) is 0.935. The highest BCUT2D eigenvalue weighted by Gasteiger charge is 2.18. The normalized spacial score (nSPS) is 14.8. The molecule has 1 aromatic carbocycles. The van der Waals surface area contributed by atoms with Crippen LogP contribution in [0.15, 0.2) is 41.2 Å². The second kappa shape index (κ2) is 5.74. The Morgan fingerprint density at radius 3 is 2.95 bits per heavy atom. The van der Waals surface area contributed by atoms with Crippen molar-refractivity contribution in [2.45, 2.75) is 31.9 Å². The summed E-state index contributed by atoms with van der Waals surface area (Å²) in [7, 11) is 1.60. The van der Waals surface area contributed by atoms with Crippen molar-refractivity contribution in [3.63, 3.8) is 0 Å². The van der Waals surface area contributed by atoms with Crippen LogP contribution in [0.25, 0.3) is 0 Å². The van der Waals surface area contributed by atoms with Crippen LogP contribution in [0.2, 0.25) is 0 Å². The first-order valence-corrected chi connectivity index (χ1v) is 7.22. The lowest BCUT2D eigenvalue weighted by molar-refractivity contribution is 0.153. The van der Waals surface area contributed by atoms with Gasteiger partial charge in [0.2, 0.25) is 0 Å². The van der Waals surface area contributed by atoms with E-state index in [9.17, 15) is 9.90 Å². The Balaban J connectivity index is 1.90. The average molecular weight is 285 g/mol. The van der Waals surface area contributed by atoms with Crippen molar-refractivity contribution in [3.8, 4) is 5.75 Å². The van der Waals surface area contributed by atoms with E-state index in [1.54, 1.807) is 23.8 Å². The Labute approximate surface area is 123 Å². The first-order valence-electron chi connectivity index (χ1n) is 7.22. The fourth-order valence-corrected chi connectivity index (χ4v) is 2.96. The van der Waals surface area contributed by atoms with Gasteiger partial charge in [-0.25, -0.2) is 0 Å². The van der Waals surface area contributed by atoms with Crippen molar-refractivity contribution in [1.82, 2.24) is 4.57 Å². The molecule has 0 amide bonds. The molecule has 4 nitrogen and oxygen atoms in total. The van der Waals surface area contributed by atoms with Gasteiger partial charge in [0.05, 0.1) is 19.8 Å². The number of hydrogen-bond donors (Lipinski definition) is 1. The topological polar surface area (TPSA) is 51.5 Å². The molecule has 0 saturated heterocycles. The van der Waals surface area contributed by atoms with Crippen molar-refractivity contribution in [2.75, 3.05) is 7.11 Å². The number of benzene rings is 1. The van der Waals surface area contributed by atoms with Crippen LogP contribution in [0.4, 0.5) is 0 Å². The summed E-state index contributed by atoms with van der Waals surface area (Å²) < 4.78 is 6.89. The summed E-state index contributed by atoms with van der Waals surface area (Å²) in [6.07, 6.45) is 2.29. The summed E-state index contributed by atoms with van der Waals surface area (Å²) in [5, 5.41) is 10.4. The smallest absolute Gasteiger partial charge is 0.250 e. The van der Waals surface area contributed by atoms with E-state index in [-0.39, 0.29) is 12.1 Å². The van der Waals surface area contributed by atoms with Crippen molar-refractivity contribution in [3.05, 3.63) is 63.6 Å². The first kappa shape index (κ1) is 13.9. The van der Waals surface area contributed by atoms with E-state index in [1.165, 1.54) is 5.56 Å². The van der Waals surface area contributed by atoms with E-state index in [2.05, 4.69) is 0 Å². The molecule has 21 heavy (non-hydrogen) atoms. The summed E-state index contributed by atoms with van der Waals surface area (Å²) in [5.41, 5.74) is 3.02. The predicted octanol–water partition coefficient (Wildman–Crippen LogP) is 2.08. The van der Waals surface area contributed by atoms with Crippen molar-refractivity contribution >= 4 is 0 Å². The first-order chi connectivity index (χ1) is 10.2. The number of nitrogens with zero attached hydrogens (tertiary/aromatic N) is 1. The molecule has 0 bridgehead atoms. The van der Waals surface area contributed by atoms with Crippen LogP contribution in [-0.2, 0) is 19.4 Å². The van der Waals surface area contributed by atoms with Crippen molar-refractivity contribution in [1.29, 1.82) is 0 Å². The maximum atomic E-state index is 12.1. The van der Waals surface area contributed by atoms with Crippen LogP contribution in [0.1, 0.15) is 29.3 Å². The molecule has 0 radical (unpaired) electrons. The van der Waals surface area contributed by atoms with Crippen LogP contribution < -0.4 is 10.3 Å². The van der Waals surface area contributed by atoms with E-state index in [1.807, 2.05) is 24.3 Å². The zero-order valence-corrected chi connectivity index (χ0v) is 12.1. The minimum Gasteiger partial charge on any atom is -0.497 e. The van der Waals surface area contributed by atoms with Gasteiger partial charge in [0.1, 0.15) is 5.75 Å². The maximum absolute atomic E-state index is 12.1. The van der Waals surface area contributed by atoms with E-state index in [0.717, 1.165) is 30.5 Å². The number of fused-ring (bicyclic) bond motifs is 1. The predicted molar refractivity (Wildman–Crippen MR) is 80.7 cm³/mol. The molecule has 1 N–H and O–H groups in total. The molecule has 1 heterocycles. The van der Waals surface area contributed by atoms with Gasteiger partial charge in [0.25, 0.3) is 5.56 Å². The van der Waals surface area contributed by atoms with Crippen LogP contribution in [-0.4, -0.2) is 16.8 Å². The molecule has 1 aliphatic rings. The molecule has 1 aromatic heterocycles. The Kier molecular flexibility index (Phi) is 3.80. The Hall–Kier alpha value is -2.07. The zero-order valence-electron chi connectivity index (χ0n) is 12.1. The second-order valence-corrected chi connectivity index (χ2v) is 5.40. The standard InChI is InChI=1S/C17H19NO3/c1-21-14-6-2-5-13(10-14)16(19)11-18-15-7-3-4-12(15)8-9-17(18)20/h2,5-6,8-10,16,19H,3-4,7,11H2,1H3. The fraction of sp³-hybridized carbons (Fsp3) is 0.353. The van der Waals surface area contributed by atoms with Gasteiger partial charge < -0.3 is 14.4 Å². The van der Waals surface area contributed by atoms with Crippen LogP contribution in [0, 0.1) is 0 Å². The number of ether oxygens (including phenoxy) is 1. The molecule has 0 aliphatic heterocycles. The molecule has 4 heteroatoms. The monoisotopic (exact) mass is 285 g/mol. The number of aryl methyl sites for hydroxylation is 1. The molecule has 0 saturated carbocycles. The third kappa shape index (κ3) is 2.72. The molecule has 0 spiro atoms. The highest BCUT2D eigenvalue weighted by atomic mass is 16.5. The van der Waals surface area contributed by atoms with Crippen molar-refractivity contribution < 1.29 is 9.84 Å². The third-order valence-electron chi connectivity index (χ3n) is 4.08. The Morgan fingerprint density at radius 1 is 1.29 bits per heavy atom. The summed E-state index contributed by atoms with van der Waals surface area (Å²) in [5.74, 6) is 0.706. The third-order valence-corrected chi connectivity index (χ3v) is 4.08.